The van der Waals surface area contributed by atoms with Gasteiger partial charge in [0.05, 0.1) is 57.4 Å². The van der Waals surface area contributed by atoms with Crippen LogP contribution < -0.4 is 52.5 Å². The number of halogens is 11. The molecule has 9 heterocycles. The van der Waals surface area contributed by atoms with E-state index in [4.69, 9.17) is 41.2 Å². The van der Waals surface area contributed by atoms with Gasteiger partial charge in [0.1, 0.15) is 70.8 Å². The lowest BCUT2D eigenvalue weighted by atomic mass is 10.1. The molecular formula is C73H48Cl2F9N9O16S3. The van der Waals surface area contributed by atoms with E-state index in [0.717, 1.165) is 71.7 Å². The molecule has 3 N–H and O–H groups in total. The van der Waals surface area contributed by atoms with Crippen molar-refractivity contribution < 1.29 is 87.0 Å². The third kappa shape index (κ3) is 15.3. The van der Waals surface area contributed by atoms with Crippen molar-refractivity contribution in [3.8, 4) is 57.3 Å². The highest BCUT2D eigenvalue weighted by Gasteiger charge is 2.35. The fraction of sp³-hybridized carbons (Fsp3) is 0.137. The second-order valence-electron chi connectivity index (χ2n) is 24.0. The Balaban J connectivity index is 0.000000147. The Bertz CT molecular complexity index is 6700. The van der Waals surface area contributed by atoms with E-state index in [1.165, 1.54) is 71.3 Å². The number of nitrogens with zero attached hydrogens (tertiary/aromatic N) is 9. The molecule has 576 valence electrons. The van der Waals surface area contributed by atoms with Gasteiger partial charge >= 0.3 is 36.0 Å². The number of benzene rings is 6. The summed E-state index contributed by atoms with van der Waals surface area (Å²) in [5.41, 5.74) is -3.04. The first kappa shape index (κ1) is 77.9. The number of aromatic hydroxyl groups is 3. The molecule has 0 aliphatic carbocycles. The molecule has 0 unspecified atom stereocenters. The summed E-state index contributed by atoms with van der Waals surface area (Å²) in [6.45, 7) is 4.89. The lowest BCUT2D eigenvalue weighted by Gasteiger charge is -2.14. The monoisotopic (exact) mass is 1640 g/mol. The number of aryl methyl sites for hydroxylation is 6. The molecule has 0 atom stereocenters. The molecule has 25 nitrogen and oxygen atoms in total. The molecule has 0 saturated heterocycles. The van der Waals surface area contributed by atoms with Crippen molar-refractivity contribution in [1.82, 2.24) is 43.0 Å². The van der Waals surface area contributed by atoms with Crippen molar-refractivity contribution in [1.29, 1.82) is 0 Å². The Kier molecular flexibility index (Phi) is 20.8. The number of alkyl halides is 9. The Morgan fingerprint density at radius 3 is 0.991 bits per heavy atom. The second-order valence-corrected chi connectivity index (χ2v) is 28.1. The average Bonchev–Trinajstić information content (AvgIpc) is 1.47. The highest BCUT2D eigenvalue weighted by molar-refractivity contribution is 8.00. The minimum absolute atomic E-state index is 0.151. The number of rotatable bonds is 13. The maximum Gasteiger partial charge on any atom is 0.573 e. The predicted octanol–water partition coefficient (Wildman–Crippen LogP) is 16.0. The van der Waals surface area contributed by atoms with Gasteiger partial charge in [-0.3, -0.25) is 42.1 Å². The fourth-order valence-electron chi connectivity index (χ4n) is 12.2. The van der Waals surface area contributed by atoms with Crippen LogP contribution in [0.4, 0.5) is 39.5 Å². The summed E-state index contributed by atoms with van der Waals surface area (Å²) in [6.07, 6.45) is -14.6. The molecule has 0 saturated carbocycles. The van der Waals surface area contributed by atoms with Crippen LogP contribution in [-0.2, 0) is 21.1 Å². The number of methoxy groups -OCH3 is 1. The molecule has 15 aromatic rings. The van der Waals surface area contributed by atoms with E-state index < -0.39 is 87.1 Å². The minimum Gasteiger partial charge on any atom is -0.505 e. The summed E-state index contributed by atoms with van der Waals surface area (Å²) in [6, 6.07) is 33.6. The topological polar surface area (TPSA) is 308 Å². The van der Waals surface area contributed by atoms with Gasteiger partial charge in [0.2, 0.25) is 0 Å². The van der Waals surface area contributed by atoms with E-state index in [1.807, 2.05) is 0 Å². The van der Waals surface area contributed by atoms with Crippen LogP contribution in [0.5, 0.6) is 40.2 Å². The van der Waals surface area contributed by atoms with Crippen molar-refractivity contribution in [3.05, 3.63) is 235 Å². The number of hydrogen-bond acceptors (Lipinski definition) is 22. The van der Waals surface area contributed by atoms with Gasteiger partial charge in [-0.1, -0.05) is 70.6 Å². The molecule has 0 radical (unpaired) electrons. The van der Waals surface area contributed by atoms with Crippen LogP contribution >= 0.6 is 58.5 Å². The molecule has 15 rings (SSSR count). The third-order valence-corrected chi connectivity index (χ3v) is 20.3. The fourth-order valence-corrected chi connectivity index (χ4v) is 15.2. The van der Waals surface area contributed by atoms with Gasteiger partial charge in [-0.25, -0.2) is 14.4 Å². The van der Waals surface area contributed by atoms with E-state index in [0.29, 0.717) is 47.6 Å². The zero-order valence-electron chi connectivity index (χ0n) is 57.9. The molecule has 39 heteroatoms. The summed E-state index contributed by atoms with van der Waals surface area (Å²) in [5, 5.41) is 47.3. The van der Waals surface area contributed by atoms with Gasteiger partial charge in [0.25, 0.3) is 16.7 Å². The molecule has 0 amide bonds. The van der Waals surface area contributed by atoms with Gasteiger partial charge in [-0.05, 0) is 154 Å². The maximum atomic E-state index is 13.8. The number of fused-ring (bicyclic) bond motifs is 9. The average molecular weight is 1650 g/mol. The van der Waals surface area contributed by atoms with Crippen LogP contribution in [0.3, 0.4) is 0 Å². The summed E-state index contributed by atoms with van der Waals surface area (Å²) >= 11 is 14.6. The molecule has 9 aromatic heterocycles. The number of hydrogen-bond donors (Lipinski definition) is 3. The van der Waals surface area contributed by atoms with E-state index in [-0.39, 0.29) is 97.8 Å². The normalized spacial score (nSPS) is 11.9. The SMILES string of the molecule is COc1cccc(Sc2c(O)c3c(=O)n(-c4ccc(OC(F)(F)F)cc4)c4c(c(C)nn4C)c3oc2=O)c1.Cc1nn(C)c2c1c1oc(=O)c(Sc3ccc(Cl)cc3)c(O)c1c(=O)n2-c1ccc(OC(F)(F)F)cc1.Cc1nn(C)c2c1c1oc(=O)c(Sc3cccc(Cl)c3)c(O)c1c(=O)n2-c1ccc(OC(F)(F)F)cc1. The quantitative estimate of drug-likeness (QED) is 0.0903. The number of pyridine rings is 3. The largest absolute Gasteiger partial charge is 0.573 e. The molecule has 6 aromatic carbocycles. The second kappa shape index (κ2) is 29.9. The van der Waals surface area contributed by atoms with Gasteiger partial charge in [-0.15, -0.1) is 39.5 Å². The van der Waals surface area contributed by atoms with Crippen LogP contribution in [0, 0.1) is 20.8 Å². The Morgan fingerprint density at radius 1 is 0.384 bits per heavy atom. The van der Waals surface area contributed by atoms with Crippen LogP contribution in [-0.4, -0.2) is 84.6 Å². The molecule has 0 aliphatic rings. The molecular weight excluding hydrogens is 1600 g/mol. The minimum atomic E-state index is -4.88. The summed E-state index contributed by atoms with van der Waals surface area (Å²) in [5.74, 6) is -2.69. The number of aromatic nitrogens is 9. The standard InChI is InChI=1S/C25H18F3N3O6S.2C24H15ClF3N3O5S/c1-12-17-20-18(19(32)21(24(34)36-20)38-16-6-4-5-15(11-16)35-3)23(33)31(22(17)30(2)29-12)13-7-9-14(10-8-13)37-25(26,27)28;1-11-16-19-17(18(32)20(23(34)35-19)37-15-9-3-12(25)4-10-15)22(33)31(21(16)30(2)29-11)13-5-7-14(8-6-13)36-24(26,27)28;1-11-16-19-17(18(32)20(23(34)35-19)37-15-5-3-4-12(25)10-15)22(33)31(21(16)30(2)29-11)13-6-8-14(9-7-13)36-24(26,27)28/h4-11,32H,1-3H3;2*3-10,32H,1-2H3. The summed E-state index contributed by atoms with van der Waals surface area (Å²) in [4.78, 5) is 81.1. The van der Waals surface area contributed by atoms with E-state index in [9.17, 15) is 83.6 Å². The van der Waals surface area contributed by atoms with Crippen molar-refractivity contribution in [2.45, 2.75) is 69.2 Å². The lowest BCUT2D eigenvalue weighted by Crippen LogP contribution is -2.22. The first-order chi connectivity index (χ1) is 52.9. The lowest BCUT2D eigenvalue weighted by molar-refractivity contribution is -0.275. The summed E-state index contributed by atoms with van der Waals surface area (Å²) in [7, 11) is 6.15. The molecule has 0 spiro atoms. The van der Waals surface area contributed by atoms with Gasteiger partial charge < -0.3 is 47.5 Å². The van der Waals surface area contributed by atoms with Crippen molar-refractivity contribution in [2.75, 3.05) is 7.11 Å². The first-order valence-electron chi connectivity index (χ1n) is 32.0. The highest BCUT2D eigenvalue weighted by Crippen LogP contribution is 2.44. The molecule has 0 aliphatic heterocycles. The van der Waals surface area contributed by atoms with Crippen LogP contribution in [0.25, 0.3) is 83.1 Å². The van der Waals surface area contributed by atoms with Gasteiger partial charge in [0.15, 0.2) is 34.0 Å². The third-order valence-electron chi connectivity index (χ3n) is 16.6. The molecule has 0 fully saturated rings. The highest BCUT2D eigenvalue weighted by atomic mass is 35.5. The van der Waals surface area contributed by atoms with Crippen molar-refractivity contribution >= 4 is 124 Å². The molecule has 0 bridgehead atoms. The van der Waals surface area contributed by atoms with E-state index in [2.05, 4.69) is 29.5 Å². The Morgan fingerprint density at radius 2 is 0.688 bits per heavy atom. The van der Waals surface area contributed by atoms with Crippen LogP contribution in [0.15, 0.2) is 217 Å². The van der Waals surface area contributed by atoms with Gasteiger partial charge in [-0.2, -0.15) is 15.3 Å². The number of ether oxygens (including phenoxy) is 4. The van der Waals surface area contributed by atoms with E-state index in [1.54, 1.807) is 115 Å². The van der Waals surface area contributed by atoms with Crippen molar-refractivity contribution in [2.24, 2.45) is 21.1 Å². The zero-order valence-corrected chi connectivity index (χ0v) is 61.9. The zero-order chi connectivity index (χ0) is 80.6. The Hall–Kier alpha value is -12.2. The first-order valence-corrected chi connectivity index (χ1v) is 35.2. The van der Waals surface area contributed by atoms with Crippen molar-refractivity contribution in [3.63, 3.8) is 0 Å². The van der Waals surface area contributed by atoms with Gasteiger partial charge in [0, 0.05) is 45.9 Å². The summed E-state index contributed by atoms with van der Waals surface area (Å²) < 4.78 is 155. The van der Waals surface area contributed by atoms with Crippen LogP contribution in [0.1, 0.15) is 17.1 Å². The van der Waals surface area contributed by atoms with E-state index >= 15 is 0 Å². The smallest absolute Gasteiger partial charge is 0.505 e. The Labute approximate surface area is 640 Å². The molecule has 112 heavy (non-hydrogen) atoms. The predicted molar refractivity (Wildman–Crippen MR) is 395 cm³/mol. The maximum absolute atomic E-state index is 13.8. The van der Waals surface area contributed by atoms with Crippen LogP contribution in [0.2, 0.25) is 10.0 Å².